The van der Waals surface area contributed by atoms with E-state index in [1.807, 2.05) is 6.92 Å². The van der Waals surface area contributed by atoms with Crippen molar-refractivity contribution in [3.63, 3.8) is 0 Å². The van der Waals surface area contributed by atoms with E-state index in [-0.39, 0.29) is 10.0 Å². The van der Waals surface area contributed by atoms with E-state index in [1.54, 1.807) is 13.1 Å². The molecule has 0 bridgehead atoms. The minimum Gasteiger partial charge on any atom is -0.363 e. The number of anilines is 1. The lowest BCUT2D eigenvalue weighted by Crippen LogP contribution is -2.12. The van der Waals surface area contributed by atoms with E-state index in [1.165, 1.54) is 17.5 Å². The normalized spacial score (nSPS) is 11.7. The molecule has 0 aliphatic heterocycles. The van der Waals surface area contributed by atoms with E-state index < -0.39 is 10.0 Å². The SMILES string of the molecule is CCc1nnc(NS(=O)(=O)c2c[nH]c(CNC)c2)s1. The lowest BCUT2D eigenvalue weighted by Gasteiger charge is -2.01. The third-order valence-corrected chi connectivity index (χ3v) is 4.82. The van der Waals surface area contributed by atoms with Crippen LogP contribution in [0.3, 0.4) is 0 Å². The van der Waals surface area contributed by atoms with Crippen molar-refractivity contribution in [1.29, 1.82) is 0 Å². The van der Waals surface area contributed by atoms with Crippen molar-refractivity contribution < 1.29 is 8.42 Å². The molecule has 0 radical (unpaired) electrons. The lowest BCUT2D eigenvalue weighted by molar-refractivity contribution is 0.601. The number of nitrogens with one attached hydrogen (secondary N) is 3. The lowest BCUT2D eigenvalue weighted by atomic mass is 10.4. The van der Waals surface area contributed by atoms with Crippen molar-refractivity contribution in [2.24, 2.45) is 0 Å². The smallest absolute Gasteiger partial charge is 0.265 e. The van der Waals surface area contributed by atoms with Gasteiger partial charge in [0.1, 0.15) is 9.90 Å². The second-order valence-corrected chi connectivity index (χ2v) is 6.60. The van der Waals surface area contributed by atoms with Gasteiger partial charge in [0.2, 0.25) is 5.13 Å². The highest BCUT2D eigenvalue weighted by molar-refractivity contribution is 7.93. The van der Waals surface area contributed by atoms with E-state index in [9.17, 15) is 8.42 Å². The highest BCUT2D eigenvalue weighted by Gasteiger charge is 2.18. The third-order valence-electron chi connectivity index (χ3n) is 2.38. The topological polar surface area (TPSA) is 99.8 Å². The van der Waals surface area contributed by atoms with E-state index in [2.05, 4.69) is 25.2 Å². The molecule has 0 aliphatic carbocycles. The maximum absolute atomic E-state index is 12.1. The van der Waals surface area contributed by atoms with Gasteiger partial charge in [-0.25, -0.2) is 8.42 Å². The standard InChI is InChI=1S/C10H15N5O2S2/c1-3-9-13-14-10(18-9)15-19(16,17)8-4-7(5-11-2)12-6-8/h4,6,11-12H,3,5H2,1-2H3,(H,14,15). The number of hydrogen-bond donors (Lipinski definition) is 3. The number of hydrogen-bond acceptors (Lipinski definition) is 6. The molecule has 0 saturated carbocycles. The van der Waals surface area contributed by atoms with Crippen LogP contribution in [0.2, 0.25) is 0 Å². The average Bonchev–Trinajstić information content (AvgIpc) is 2.98. The van der Waals surface area contributed by atoms with Crippen LogP contribution in [0.4, 0.5) is 5.13 Å². The second-order valence-electron chi connectivity index (χ2n) is 3.85. The van der Waals surface area contributed by atoms with Crippen LogP contribution in [0.25, 0.3) is 0 Å². The minimum atomic E-state index is -3.61. The Morgan fingerprint density at radius 2 is 2.21 bits per heavy atom. The molecule has 104 valence electrons. The number of aromatic nitrogens is 3. The number of aromatic amines is 1. The fraction of sp³-hybridized carbons (Fsp3) is 0.400. The van der Waals surface area contributed by atoms with Gasteiger partial charge in [-0.3, -0.25) is 4.72 Å². The minimum absolute atomic E-state index is 0.186. The third kappa shape index (κ3) is 3.31. The van der Waals surface area contributed by atoms with Crippen molar-refractivity contribution >= 4 is 26.5 Å². The van der Waals surface area contributed by atoms with Crippen molar-refractivity contribution in [3.8, 4) is 0 Å². The Morgan fingerprint density at radius 1 is 1.42 bits per heavy atom. The molecular weight excluding hydrogens is 286 g/mol. The van der Waals surface area contributed by atoms with Crippen molar-refractivity contribution in [2.75, 3.05) is 11.8 Å². The molecule has 7 nitrogen and oxygen atoms in total. The van der Waals surface area contributed by atoms with E-state index in [0.717, 1.165) is 17.1 Å². The molecule has 2 aromatic heterocycles. The number of nitrogens with zero attached hydrogens (tertiary/aromatic N) is 2. The molecular formula is C10H15N5O2S2. The van der Waals surface area contributed by atoms with Crippen LogP contribution in [0, 0.1) is 0 Å². The van der Waals surface area contributed by atoms with E-state index in [4.69, 9.17) is 0 Å². The molecule has 9 heteroatoms. The molecule has 0 amide bonds. The van der Waals surface area contributed by atoms with Crippen LogP contribution in [0.5, 0.6) is 0 Å². The first-order chi connectivity index (χ1) is 9.05. The predicted octanol–water partition coefficient (Wildman–Crippen LogP) is 0.949. The first kappa shape index (κ1) is 14.0. The Hall–Kier alpha value is -1.45. The largest absolute Gasteiger partial charge is 0.363 e. The fourth-order valence-electron chi connectivity index (χ4n) is 1.48. The van der Waals surface area contributed by atoms with Crippen LogP contribution in [0.15, 0.2) is 17.2 Å². The zero-order valence-corrected chi connectivity index (χ0v) is 12.2. The van der Waals surface area contributed by atoms with E-state index >= 15 is 0 Å². The molecule has 0 aliphatic rings. The highest BCUT2D eigenvalue weighted by atomic mass is 32.2. The van der Waals surface area contributed by atoms with Gasteiger partial charge in [0.05, 0.1) is 0 Å². The van der Waals surface area contributed by atoms with Crippen molar-refractivity contribution in [1.82, 2.24) is 20.5 Å². The summed E-state index contributed by atoms with van der Waals surface area (Å²) in [7, 11) is -1.81. The maximum atomic E-state index is 12.1. The van der Waals surface area contributed by atoms with Gasteiger partial charge < -0.3 is 10.3 Å². The number of aryl methyl sites for hydroxylation is 1. The summed E-state index contributed by atoms with van der Waals surface area (Å²) in [6.45, 7) is 2.52. The summed E-state index contributed by atoms with van der Waals surface area (Å²) in [5.74, 6) is 0. The van der Waals surface area contributed by atoms with Crippen molar-refractivity contribution in [3.05, 3.63) is 23.0 Å². The summed E-state index contributed by atoms with van der Waals surface area (Å²) in [6.07, 6.45) is 2.19. The molecule has 0 unspecified atom stereocenters. The predicted molar refractivity (Wildman–Crippen MR) is 73.7 cm³/mol. The highest BCUT2D eigenvalue weighted by Crippen LogP contribution is 2.20. The molecule has 2 aromatic rings. The molecule has 2 rings (SSSR count). The maximum Gasteiger partial charge on any atom is 0.265 e. The van der Waals surface area contributed by atoms with Crippen LogP contribution in [0.1, 0.15) is 17.6 Å². The average molecular weight is 301 g/mol. The van der Waals surface area contributed by atoms with Gasteiger partial charge in [-0.1, -0.05) is 18.3 Å². The van der Waals surface area contributed by atoms with Gasteiger partial charge >= 0.3 is 0 Å². The number of H-pyrrole nitrogens is 1. The number of sulfonamides is 1. The Kier molecular flexibility index (Phi) is 4.17. The molecule has 0 aromatic carbocycles. The first-order valence-corrected chi connectivity index (χ1v) is 8.02. The summed E-state index contributed by atoms with van der Waals surface area (Å²) < 4.78 is 26.6. The van der Waals surface area contributed by atoms with Gasteiger partial charge in [-0.05, 0) is 19.5 Å². The quantitative estimate of drug-likeness (QED) is 0.737. The molecule has 0 fully saturated rings. The zero-order chi connectivity index (χ0) is 13.9. The molecule has 0 spiro atoms. The fourth-order valence-corrected chi connectivity index (χ4v) is 3.40. The van der Waals surface area contributed by atoms with Gasteiger partial charge in [-0.2, -0.15) is 0 Å². The van der Waals surface area contributed by atoms with Gasteiger partial charge in [-0.15, -0.1) is 10.2 Å². The van der Waals surface area contributed by atoms with Crippen LogP contribution < -0.4 is 10.0 Å². The summed E-state index contributed by atoms with van der Waals surface area (Å²) in [4.78, 5) is 3.09. The Bertz CT molecular complexity index is 646. The molecule has 0 saturated heterocycles. The first-order valence-electron chi connectivity index (χ1n) is 5.72. The van der Waals surface area contributed by atoms with Gasteiger partial charge in [0.25, 0.3) is 10.0 Å². The van der Waals surface area contributed by atoms with Gasteiger partial charge in [0, 0.05) is 18.4 Å². The molecule has 2 heterocycles. The zero-order valence-electron chi connectivity index (χ0n) is 10.6. The van der Waals surface area contributed by atoms with E-state index in [0.29, 0.717) is 6.54 Å². The summed E-state index contributed by atoms with van der Waals surface area (Å²) in [5, 5.41) is 11.7. The summed E-state index contributed by atoms with van der Waals surface area (Å²) >= 11 is 1.24. The molecule has 3 N–H and O–H groups in total. The van der Waals surface area contributed by atoms with Crippen molar-refractivity contribution in [2.45, 2.75) is 24.8 Å². The monoisotopic (exact) mass is 301 g/mol. The Morgan fingerprint density at radius 3 is 2.84 bits per heavy atom. The van der Waals surface area contributed by atoms with Crippen LogP contribution in [-0.4, -0.2) is 30.6 Å². The molecule has 19 heavy (non-hydrogen) atoms. The van der Waals surface area contributed by atoms with Crippen LogP contribution in [-0.2, 0) is 23.0 Å². The molecule has 0 atom stereocenters. The number of rotatable bonds is 6. The summed E-state index contributed by atoms with van der Waals surface area (Å²) in [5.41, 5.74) is 0.800. The van der Waals surface area contributed by atoms with Gasteiger partial charge in [0.15, 0.2) is 0 Å². The Labute approximate surface area is 115 Å². The van der Waals surface area contributed by atoms with Crippen LogP contribution >= 0.6 is 11.3 Å². The second kappa shape index (κ2) is 5.68. The summed E-state index contributed by atoms with van der Waals surface area (Å²) in [6, 6.07) is 1.58. The Balaban J connectivity index is 2.16.